The molecule has 0 bridgehead atoms. The van der Waals surface area contributed by atoms with E-state index in [9.17, 15) is 9.59 Å². The number of esters is 1. The highest BCUT2D eigenvalue weighted by atomic mass is 16.5. The Bertz CT molecular complexity index is 1420. The molecule has 43 heavy (non-hydrogen) atoms. The zero-order valence-electron chi connectivity index (χ0n) is 24.2. The maximum atomic E-state index is 12.0. The van der Waals surface area contributed by atoms with Crippen LogP contribution in [0.4, 0.5) is 5.69 Å². The van der Waals surface area contributed by atoms with Crippen molar-refractivity contribution in [2.24, 2.45) is 0 Å². The van der Waals surface area contributed by atoms with E-state index in [1.54, 1.807) is 45.7 Å². The number of carbonyl (C=O) groups excluding carboxylic acids is 2. The number of anilines is 1. The summed E-state index contributed by atoms with van der Waals surface area (Å²) in [5, 5.41) is 2.73. The second-order valence-corrected chi connectivity index (χ2v) is 9.56. The summed E-state index contributed by atoms with van der Waals surface area (Å²) >= 11 is 0. The number of nitrogens with one attached hydrogen (secondary N) is 1. The van der Waals surface area contributed by atoms with Gasteiger partial charge >= 0.3 is 5.97 Å². The van der Waals surface area contributed by atoms with Gasteiger partial charge in [0, 0.05) is 24.3 Å². The van der Waals surface area contributed by atoms with Gasteiger partial charge in [-0.05, 0) is 34.6 Å². The van der Waals surface area contributed by atoms with Crippen molar-refractivity contribution in [1.82, 2.24) is 9.55 Å². The molecule has 3 aromatic rings. The molecule has 0 atom stereocenters. The lowest BCUT2D eigenvalue weighted by atomic mass is 10.2. The molecule has 0 unspecified atom stereocenters. The average Bonchev–Trinajstić information content (AvgIpc) is 3.37. The highest BCUT2D eigenvalue weighted by Crippen LogP contribution is 2.41. The highest BCUT2D eigenvalue weighted by molar-refractivity contribution is 5.96. The predicted octanol–water partition coefficient (Wildman–Crippen LogP) is 5.82. The summed E-state index contributed by atoms with van der Waals surface area (Å²) in [6.45, 7) is 10.0. The van der Waals surface area contributed by atoms with E-state index in [2.05, 4.69) is 10.3 Å². The summed E-state index contributed by atoms with van der Waals surface area (Å²) in [4.78, 5) is 27.4. The van der Waals surface area contributed by atoms with Crippen LogP contribution in [0.15, 0.2) is 30.6 Å². The molecule has 0 aliphatic carbocycles. The first-order valence-electron chi connectivity index (χ1n) is 13.2. The van der Waals surface area contributed by atoms with Crippen molar-refractivity contribution in [3.8, 4) is 40.2 Å². The molecule has 1 N–H and O–H groups in total. The fourth-order valence-corrected chi connectivity index (χ4v) is 4.17. The smallest absolute Gasteiger partial charge is 0.358 e. The summed E-state index contributed by atoms with van der Waals surface area (Å²) < 4.78 is 39.9. The van der Waals surface area contributed by atoms with Crippen molar-refractivity contribution in [3.05, 3.63) is 42.0 Å². The number of benzene rings is 2. The Morgan fingerprint density at radius 1 is 0.907 bits per heavy atom. The van der Waals surface area contributed by atoms with Gasteiger partial charge in [-0.2, -0.15) is 0 Å². The Labute approximate surface area is 253 Å². The second-order valence-electron chi connectivity index (χ2n) is 9.56. The standard InChI is InChI=1S/C17H20N2O5.C12H15NO4.2CH4/c1-5-22-17(20)16-12-8-23-13-7-14(21-4)15(24-10(2)3)6-11(13)19(12)9-18-16;1-7(2)17-11-4-8-9(5-10(11)15-3)16-6-12(14)13-8;;/h6-7,9-10H,5,8H2,1-4H3;4-5,7H,6H2,1-3H3,(H,13,14);2*1H4. The largest absolute Gasteiger partial charge is 0.493 e. The maximum absolute atomic E-state index is 12.0. The molecule has 1 aromatic heterocycles. The van der Waals surface area contributed by atoms with E-state index < -0.39 is 5.97 Å². The number of rotatable bonds is 8. The maximum Gasteiger partial charge on any atom is 0.358 e. The monoisotopic (exact) mass is 601 g/mol. The first-order chi connectivity index (χ1) is 19.6. The second kappa shape index (κ2) is 15.0. The van der Waals surface area contributed by atoms with Crippen molar-refractivity contribution in [1.29, 1.82) is 0 Å². The molecule has 0 saturated heterocycles. The van der Waals surface area contributed by atoms with E-state index in [1.165, 1.54) is 0 Å². The summed E-state index contributed by atoms with van der Waals surface area (Å²) in [5.41, 5.74) is 2.28. The van der Waals surface area contributed by atoms with Gasteiger partial charge in [0.25, 0.3) is 5.91 Å². The lowest BCUT2D eigenvalue weighted by Gasteiger charge is -2.23. The molecular weight excluding hydrogens is 558 g/mol. The summed E-state index contributed by atoms with van der Waals surface area (Å²) in [6.07, 6.45) is 1.62. The average molecular weight is 602 g/mol. The molecule has 3 heterocycles. The predicted molar refractivity (Wildman–Crippen MR) is 163 cm³/mol. The number of nitrogens with zero attached hydrogens (tertiary/aromatic N) is 2. The van der Waals surface area contributed by atoms with Gasteiger partial charge in [-0.3, -0.25) is 9.36 Å². The van der Waals surface area contributed by atoms with Crippen LogP contribution in [0.25, 0.3) is 5.69 Å². The number of ether oxygens (including phenoxy) is 7. The molecule has 236 valence electrons. The summed E-state index contributed by atoms with van der Waals surface area (Å²) in [5.74, 6) is 3.00. The topological polar surface area (TPSA) is 129 Å². The molecule has 1 amide bonds. The third-order valence-electron chi connectivity index (χ3n) is 5.83. The van der Waals surface area contributed by atoms with Crippen molar-refractivity contribution < 1.29 is 42.7 Å². The molecule has 12 heteroatoms. The molecule has 2 aliphatic rings. The molecule has 0 spiro atoms. The first-order valence-corrected chi connectivity index (χ1v) is 13.2. The van der Waals surface area contributed by atoms with Crippen LogP contribution in [0.3, 0.4) is 0 Å². The number of imidazole rings is 1. The quantitative estimate of drug-likeness (QED) is 0.315. The summed E-state index contributed by atoms with van der Waals surface area (Å²) in [7, 11) is 3.15. The van der Waals surface area contributed by atoms with E-state index >= 15 is 0 Å². The van der Waals surface area contributed by atoms with Crippen LogP contribution in [0.2, 0.25) is 0 Å². The van der Waals surface area contributed by atoms with Crippen LogP contribution in [-0.4, -0.2) is 61.1 Å². The molecule has 5 rings (SSSR count). The van der Waals surface area contributed by atoms with E-state index in [0.29, 0.717) is 52.5 Å². The molecule has 0 saturated carbocycles. The minimum atomic E-state index is -0.453. The molecule has 0 fully saturated rings. The van der Waals surface area contributed by atoms with Crippen LogP contribution in [0, 0.1) is 0 Å². The third kappa shape index (κ3) is 7.82. The fraction of sp³-hybridized carbons (Fsp3) is 0.452. The zero-order chi connectivity index (χ0) is 29.7. The van der Waals surface area contributed by atoms with Crippen LogP contribution < -0.4 is 33.7 Å². The van der Waals surface area contributed by atoms with Gasteiger partial charge in [0.1, 0.15) is 24.4 Å². The van der Waals surface area contributed by atoms with Gasteiger partial charge in [0.15, 0.2) is 35.3 Å². The lowest BCUT2D eigenvalue weighted by molar-refractivity contribution is -0.118. The van der Waals surface area contributed by atoms with Gasteiger partial charge in [0.05, 0.1) is 50.1 Å². The van der Waals surface area contributed by atoms with Crippen LogP contribution in [0.1, 0.15) is 65.7 Å². The minimum absolute atomic E-state index is 0. The number of fused-ring (bicyclic) bond motifs is 4. The Morgan fingerprint density at radius 2 is 1.49 bits per heavy atom. The number of methoxy groups -OCH3 is 2. The van der Waals surface area contributed by atoms with Crippen molar-refractivity contribution in [3.63, 3.8) is 0 Å². The lowest BCUT2D eigenvalue weighted by Crippen LogP contribution is -2.25. The SMILES string of the molecule is C.C.CCOC(=O)c1ncn2c1COc1cc(OC)c(OC(C)C)cc1-2.COc1cc2c(cc1OC(C)C)NC(=O)CO2. The Balaban J connectivity index is 0.000000302. The molecule has 0 radical (unpaired) electrons. The number of amides is 1. The number of aromatic nitrogens is 2. The number of carbonyl (C=O) groups is 2. The highest BCUT2D eigenvalue weighted by Gasteiger charge is 2.27. The Hall–Kier alpha value is -4.61. The first kappa shape index (κ1) is 34.6. The van der Waals surface area contributed by atoms with Crippen LogP contribution in [-0.2, 0) is 16.1 Å². The van der Waals surface area contributed by atoms with Crippen molar-refractivity contribution >= 4 is 17.6 Å². The molecule has 2 aromatic carbocycles. The van der Waals surface area contributed by atoms with Gasteiger partial charge in [-0.1, -0.05) is 14.9 Å². The zero-order valence-corrected chi connectivity index (χ0v) is 24.2. The van der Waals surface area contributed by atoms with E-state index in [0.717, 1.165) is 5.69 Å². The Morgan fingerprint density at radius 3 is 2.07 bits per heavy atom. The van der Waals surface area contributed by atoms with E-state index in [-0.39, 0.29) is 51.9 Å². The minimum Gasteiger partial charge on any atom is -0.493 e. The molecule has 12 nitrogen and oxygen atoms in total. The van der Waals surface area contributed by atoms with Crippen molar-refractivity contribution in [2.45, 2.75) is 68.3 Å². The van der Waals surface area contributed by atoms with Gasteiger partial charge in [-0.15, -0.1) is 0 Å². The van der Waals surface area contributed by atoms with Gasteiger partial charge in [-0.25, -0.2) is 9.78 Å². The molecule has 2 aliphatic heterocycles. The van der Waals surface area contributed by atoms with Crippen molar-refractivity contribution in [2.75, 3.05) is 32.8 Å². The Kier molecular flexibility index (Phi) is 12.1. The van der Waals surface area contributed by atoms with Crippen LogP contribution >= 0.6 is 0 Å². The van der Waals surface area contributed by atoms with E-state index in [4.69, 9.17) is 33.2 Å². The molecular formula is C31H43N3O9. The number of hydrogen-bond acceptors (Lipinski definition) is 10. The number of hydrogen-bond donors (Lipinski definition) is 1. The summed E-state index contributed by atoms with van der Waals surface area (Å²) in [6, 6.07) is 7.03. The van der Waals surface area contributed by atoms with Crippen LogP contribution in [0.5, 0.6) is 34.5 Å². The van der Waals surface area contributed by atoms with Gasteiger partial charge < -0.3 is 38.5 Å². The van der Waals surface area contributed by atoms with E-state index in [1.807, 2.05) is 38.3 Å². The third-order valence-corrected chi connectivity index (χ3v) is 5.83. The normalized spacial score (nSPS) is 12.3. The van der Waals surface area contributed by atoms with Gasteiger partial charge in [0.2, 0.25) is 0 Å². The fourth-order valence-electron chi connectivity index (χ4n) is 4.17.